The van der Waals surface area contributed by atoms with Gasteiger partial charge in [0, 0.05) is 11.7 Å². The summed E-state index contributed by atoms with van der Waals surface area (Å²) in [6.07, 6.45) is 11.0. The van der Waals surface area contributed by atoms with Gasteiger partial charge in [0.15, 0.2) is 0 Å². The Hall–Kier alpha value is -0.830. The Morgan fingerprint density at radius 1 is 1.28 bits per heavy atom. The number of aryl methyl sites for hydroxylation is 2. The van der Waals surface area contributed by atoms with E-state index in [0.717, 1.165) is 13.0 Å². The highest BCUT2D eigenvalue weighted by Gasteiger charge is 2.02. The van der Waals surface area contributed by atoms with Gasteiger partial charge in [0.2, 0.25) is 0 Å². The monoisotopic (exact) mass is 251 g/mol. The molecule has 0 fully saturated rings. The lowest BCUT2D eigenvalue weighted by Crippen LogP contribution is -2.27. The Labute approximate surface area is 112 Å². The van der Waals surface area contributed by atoms with Gasteiger partial charge < -0.3 is 5.32 Å². The fraction of sp³-hybridized carbons (Fsp3) is 0.800. The Morgan fingerprint density at radius 2 is 2.11 bits per heavy atom. The van der Waals surface area contributed by atoms with Crippen LogP contribution >= 0.6 is 0 Å². The first-order valence-corrected chi connectivity index (χ1v) is 7.46. The van der Waals surface area contributed by atoms with Gasteiger partial charge in [-0.3, -0.25) is 5.10 Å². The molecule has 104 valence electrons. The molecule has 0 aliphatic heterocycles. The number of nitrogens with one attached hydrogen (secondary N) is 2. The third kappa shape index (κ3) is 6.20. The predicted octanol–water partition coefficient (Wildman–Crippen LogP) is 3.60. The van der Waals surface area contributed by atoms with Crippen LogP contribution in [0.15, 0.2) is 6.20 Å². The highest BCUT2D eigenvalue weighted by atomic mass is 15.1. The van der Waals surface area contributed by atoms with Crippen LogP contribution in [-0.4, -0.2) is 22.8 Å². The molecule has 0 aliphatic rings. The van der Waals surface area contributed by atoms with E-state index in [-0.39, 0.29) is 0 Å². The summed E-state index contributed by atoms with van der Waals surface area (Å²) < 4.78 is 0. The second kappa shape index (κ2) is 9.15. The number of hydrogen-bond donors (Lipinski definition) is 2. The smallest absolute Gasteiger partial charge is 0.0522 e. The maximum Gasteiger partial charge on any atom is 0.0522 e. The van der Waals surface area contributed by atoms with E-state index in [4.69, 9.17) is 0 Å². The van der Waals surface area contributed by atoms with Crippen molar-refractivity contribution in [2.75, 3.05) is 6.54 Å². The zero-order valence-corrected chi connectivity index (χ0v) is 12.3. The van der Waals surface area contributed by atoms with Crippen LogP contribution in [0.1, 0.15) is 63.6 Å². The molecular formula is C15H29N3. The Bertz CT molecular complexity index is 306. The largest absolute Gasteiger partial charge is 0.314 e. The molecule has 18 heavy (non-hydrogen) atoms. The first-order chi connectivity index (χ1) is 8.74. The Morgan fingerprint density at radius 3 is 2.78 bits per heavy atom. The van der Waals surface area contributed by atoms with Crippen LogP contribution in [0, 0.1) is 6.92 Å². The first kappa shape index (κ1) is 15.2. The van der Waals surface area contributed by atoms with Crippen molar-refractivity contribution in [2.45, 2.75) is 71.8 Å². The van der Waals surface area contributed by atoms with Gasteiger partial charge in [0.1, 0.15) is 0 Å². The van der Waals surface area contributed by atoms with Crippen LogP contribution in [0.5, 0.6) is 0 Å². The zero-order valence-electron chi connectivity index (χ0n) is 12.3. The second-order valence-electron chi connectivity index (χ2n) is 5.33. The molecular weight excluding hydrogens is 222 g/mol. The van der Waals surface area contributed by atoms with Crippen molar-refractivity contribution < 1.29 is 0 Å². The van der Waals surface area contributed by atoms with Gasteiger partial charge in [-0.25, -0.2) is 0 Å². The van der Waals surface area contributed by atoms with E-state index in [2.05, 4.69) is 36.3 Å². The average molecular weight is 251 g/mol. The van der Waals surface area contributed by atoms with Crippen molar-refractivity contribution in [3.05, 3.63) is 17.5 Å². The molecule has 1 aromatic heterocycles. The van der Waals surface area contributed by atoms with Crippen LogP contribution in [0.2, 0.25) is 0 Å². The van der Waals surface area contributed by atoms with Gasteiger partial charge in [0.25, 0.3) is 0 Å². The minimum atomic E-state index is 0.660. The molecule has 1 rings (SSSR count). The standard InChI is InChI=1S/C15H29N3/c1-4-5-6-7-9-13(2)16-11-8-10-15-12-17-18-14(15)3/h12-13,16H,4-11H2,1-3H3,(H,17,18). The maximum absolute atomic E-state index is 4.05. The molecule has 3 heteroatoms. The van der Waals surface area contributed by atoms with Crippen LogP contribution in [0.25, 0.3) is 0 Å². The molecule has 1 atom stereocenters. The number of rotatable bonds is 10. The van der Waals surface area contributed by atoms with Crippen molar-refractivity contribution in [3.8, 4) is 0 Å². The van der Waals surface area contributed by atoms with E-state index in [9.17, 15) is 0 Å². The van der Waals surface area contributed by atoms with E-state index in [1.54, 1.807) is 0 Å². The van der Waals surface area contributed by atoms with Gasteiger partial charge in [-0.05, 0) is 45.2 Å². The van der Waals surface area contributed by atoms with Crippen molar-refractivity contribution in [2.24, 2.45) is 0 Å². The SMILES string of the molecule is CCCCCCC(C)NCCCc1cn[nH]c1C. The molecule has 1 aromatic rings. The van der Waals surface area contributed by atoms with Crippen molar-refractivity contribution in [1.82, 2.24) is 15.5 Å². The minimum absolute atomic E-state index is 0.660. The molecule has 3 nitrogen and oxygen atoms in total. The summed E-state index contributed by atoms with van der Waals surface area (Å²) >= 11 is 0. The highest BCUT2D eigenvalue weighted by molar-refractivity contribution is 5.14. The van der Waals surface area contributed by atoms with Gasteiger partial charge in [-0.15, -0.1) is 0 Å². The second-order valence-corrected chi connectivity index (χ2v) is 5.33. The molecule has 0 saturated carbocycles. The fourth-order valence-electron chi connectivity index (χ4n) is 2.23. The lowest BCUT2D eigenvalue weighted by molar-refractivity contribution is 0.478. The Balaban J connectivity index is 1.98. The topological polar surface area (TPSA) is 40.7 Å². The molecule has 0 saturated heterocycles. The quantitative estimate of drug-likeness (QED) is 0.624. The minimum Gasteiger partial charge on any atom is -0.314 e. The van der Waals surface area contributed by atoms with Crippen molar-refractivity contribution in [3.63, 3.8) is 0 Å². The van der Waals surface area contributed by atoms with Gasteiger partial charge >= 0.3 is 0 Å². The third-order valence-corrected chi connectivity index (χ3v) is 3.54. The number of aromatic amines is 1. The average Bonchev–Trinajstić information content (AvgIpc) is 2.76. The maximum atomic E-state index is 4.05. The first-order valence-electron chi connectivity index (χ1n) is 7.46. The Kier molecular flexibility index (Phi) is 7.74. The van der Waals surface area contributed by atoms with Gasteiger partial charge in [-0.1, -0.05) is 32.6 Å². The molecule has 0 aromatic carbocycles. The summed E-state index contributed by atoms with van der Waals surface area (Å²) in [6, 6.07) is 0.660. The molecule has 0 amide bonds. The molecule has 0 bridgehead atoms. The number of nitrogens with zero attached hydrogens (tertiary/aromatic N) is 1. The zero-order chi connectivity index (χ0) is 13.2. The number of hydrogen-bond acceptors (Lipinski definition) is 2. The summed E-state index contributed by atoms with van der Waals surface area (Å²) in [5.41, 5.74) is 2.56. The van der Waals surface area contributed by atoms with Crippen molar-refractivity contribution in [1.29, 1.82) is 0 Å². The molecule has 1 heterocycles. The van der Waals surface area contributed by atoms with Crippen LogP contribution < -0.4 is 5.32 Å². The third-order valence-electron chi connectivity index (χ3n) is 3.54. The summed E-state index contributed by atoms with van der Waals surface area (Å²) in [6.45, 7) is 7.76. The van der Waals surface area contributed by atoms with E-state index in [0.29, 0.717) is 6.04 Å². The van der Waals surface area contributed by atoms with E-state index in [1.165, 1.54) is 49.8 Å². The lowest BCUT2D eigenvalue weighted by atomic mass is 10.1. The normalized spacial score (nSPS) is 12.8. The molecule has 0 radical (unpaired) electrons. The predicted molar refractivity (Wildman–Crippen MR) is 77.9 cm³/mol. The molecule has 0 aliphatic carbocycles. The lowest BCUT2D eigenvalue weighted by Gasteiger charge is -2.13. The van der Waals surface area contributed by atoms with Gasteiger partial charge in [0.05, 0.1) is 6.20 Å². The molecule has 1 unspecified atom stereocenters. The number of H-pyrrole nitrogens is 1. The van der Waals surface area contributed by atoms with Crippen LogP contribution in [0.4, 0.5) is 0 Å². The fourth-order valence-corrected chi connectivity index (χ4v) is 2.23. The summed E-state index contributed by atoms with van der Waals surface area (Å²) in [5, 5.41) is 10.6. The van der Waals surface area contributed by atoms with Gasteiger partial charge in [-0.2, -0.15) is 5.10 Å². The number of aromatic nitrogens is 2. The summed E-state index contributed by atoms with van der Waals surface area (Å²) in [7, 11) is 0. The van der Waals surface area contributed by atoms with Crippen LogP contribution in [-0.2, 0) is 6.42 Å². The number of unbranched alkanes of at least 4 members (excludes halogenated alkanes) is 3. The van der Waals surface area contributed by atoms with Crippen molar-refractivity contribution >= 4 is 0 Å². The highest BCUT2D eigenvalue weighted by Crippen LogP contribution is 2.07. The summed E-state index contributed by atoms with van der Waals surface area (Å²) in [4.78, 5) is 0. The van der Waals surface area contributed by atoms with E-state index in [1.807, 2.05) is 6.20 Å². The molecule has 2 N–H and O–H groups in total. The van der Waals surface area contributed by atoms with E-state index < -0.39 is 0 Å². The summed E-state index contributed by atoms with van der Waals surface area (Å²) in [5.74, 6) is 0. The van der Waals surface area contributed by atoms with Crippen LogP contribution in [0.3, 0.4) is 0 Å². The molecule has 0 spiro atoms. The van der Waals surface area contributed by atoms with E-state index >= 15 is 0 Å².